The number of halogens is 2. The molecule has 1 aromatic rings. The van der Waals surface area contributed by atoms with Gasteiger partial charge in [-0.3, -0.25) is 0 Å². The van der Waals surface area contributed by atoms with E-state index in [9.17, 15) is 8.78 Å². The van der Waals surface area contributed by atoms with Crippen molar-refractivity contribution in [1.82, 2.24) is 5.32 Å². The molecule has 0 aliphatic carbocycles. The van der Waals surface area contributed by atoms with Gasteiger partial charge in [-0.1, -0.05) is 20.3 Å². The Morgan fingerprint density at radius 3 is 2.89 bits per heavy atom. The lowest BCUT2D eigenvalue weighted by Crippen LogP contribution is -2.42. The Kier molecular flexibility index (Phi) is 4.75. The summed E-state index contributed by atoms with van der Waals surface area (Å²) in [5.41, 5.74) is 0.512. The molecule has 0 spiro atoms. The van der Waals surface area contributed by atoms with Crippen molar-refractivity contribution in [3.63, 3.8) is 0 Å². The first kappa shape index (κ1) is 14.3. The molecule has 1 heterocycles. The van der Waals surface area contributed by atoms with E-state index < -0.39 is 11.6 Å². The largest absolute Gasteiger partial charge is 0.368 e. The molecule has 19 heavy (non-hydrogen) atoms. The van der Waals surface area contributed by atoms with Crippen LogP contribution in [0.25, 0.3) is 0 Å². The molecule has 2 atom stereocenters. The molecule has 1 aliphatic rings. The maximum atomic E-state index is 13.9. The number of anilines is 1. The molecule has 2 rings (SSSR count). The third-order valence-corrected chi connectivity index (χ3v) is 4.01. The first-order valence-corrected chi connectivity index (χ1v) is 7.05. The van der Waals surface area contributed by atoms with Crippen LogP contribution in [0.2, 0.25) is 0 Å². The summed E-state index contributed by atoms with van der Waals surface area (Å²) in [7, 11) is 0. The molecule has 0 aromatic heterocycles. The fourth-order valence-electron chi connectivity index (χ4n) is 2.57. The predicted molar refractivity (Wildman–Crippen MR) is 74.4 cm³/mol. The van der Waals surface area contributed by atoms with Crippen LogP contribution in [0.15, 0.2) is 18.2 Å². The summed E-state index contributed by atoms with van der Waals surface area (Å²) in [6.07, 6.45) is 2.07. The summed E-state index contributed by atoms with van der Waals surface area (Å²) in [5, 5.41) is 3.52. The molecule has 1 fully saturated rings. The van der Waals surface area contributed by atoms with Gasteiger partial charge in [0, 0.05) is 25.2 Å². The van der Waals surface area contributed by atoms with E-state index in [1.165, 1.54) is 6.07 Å². The van der Waals surface area contributed by atoms with Gasteiger partial charge in [0.2, 0.25) is 0 Å². The van der Waals surface area contributed by atoms with Crippen molar-refractivity contribution in [1.29, 1.82) is 0 Å². The zero-order chi connectivity index (χ0) is 13.8. The fourth-order valence-corrected chi connectivity index (χ4v) is 2.57. The van der Waals surface area contributed by atoms with Crippen LogP contribution >= 0.6 is 0 Å². The van der Waals surface area contributed by atoms with Crippen molar-refractivity contribution >= 4 is 5.69 Å². The number of benzene rings is 1. The average molecular weight is 268 g/mol. The third kappa shape index (κ3) is 3.44. The molecule has 0 bridgehead atoms. The maximum Gasteiger partial charge on any atom is 0.149 e. The first-order valence-electron chi connectivity index (χ1n) is 7.05. The van der Waals surface area contributed by atoms with E-state index in [4.69, 9.17) is 0 Å². The van der Waals surface area contributed by atoms with Crippen molar-refractivity contribution in [2.24, 2.45) is 5.92 Å². The van der Waals surface area contributed by atoms with E-state index >= 15 is 0 Å². The highest BCUT2D eigenvalue weighted by Crippen LogP contribution is 2.23. The smallest absolute Gasteiger partial charge is 0.149 e. The second-order valence-corrected chi connectivity index (χ2v) is 5.34. The molecule has 1 saturated heterocycles. The molecule has 2 unspecified atom stereocenters. The second-order valence-electron chi connectivity index (χ2n) is 5.34. The van der Waals surface area contributed by atoms with Gasteiger partial charge in [-0.25, -0.2) is 8.78 Å². The molecule has 1 aliphatic heterocycles. The highest BCUT2D eigenvalue weighted by atomic mass is 19.1. The topological polar surface area (TPSA) is 15.3 Å². The Hall–Kier alpha value is -1.16. The van der Waals surface area contributed by atoms with Crippen LogP contribution in [0, 0.1) is 17.6 Å². The van der Waals surface area contributed by atoms with Gasteiger partial charge in [-0.15, -0.1) is 0 Å². The molecule has 0 amide bonds. The average Bonchev–Trinajstić information content (AvgIpc) is 2.63. The monoisotopic (exact) mass is 268 g/mol. The minimum Gasteiger partial charge on any atom is -0.368 e. The third-order valence-electron chi connectivity index (χ3n) is 4.01. The van der Waals surface area contributed by atoms with Crippen LogP contribution in [0.3, 0.4) is 0 Å². The second kappa shape index (κ2) is 6.33. The number of hydrogen-bond donors (Lipinski definition) is 1. The van der Waals surface area contributed by atoms with Gasteiger partial charge in [0.1, 0.15) is 11.6 Å². The summed E-state index contributed by atoms with van der Waals surface area (Å²) in [5.74, 6) is -0.443. The van der Waals surface area contributed by atoms with E-state index in [0.29, 0.717) is 17.6 Å². The number of rotatable bonds is 3. The Morgan fingerprint density at radius 1 is 1.42 bits per heavy atom. The molecule has 2 nitrogen and oxygen atoms in total. The van der Waals surface area contributed by atoms with Crippen molar-refractivity contribution in [2.75, 3.05) is 24.5 Å². The van der Waals surface area contributed by atoms with Gasteiger partial charge < -0.3 is 10.2 Å². The maximum absolute atomic E-state index is 13.9. The SMILES string of the molecule is CCC(C)C1CN(c2ccc(F)cc2F)CCCN1. The fraction of sp³-hybridized carbons (Fsp3) is 0.600. The Morgan fingerprint density at radius 2 is 2.21 bits per heavy atom. The van der Waals surface area contributed by atoms with Crippen LogP contribution in [0.5, 0.6) is 0 Å². The summed E-state index contributed by atoms with van der Waals surface area (Å²) >= 11 is 0. The summed E-state index contributed by atoms with van der Waals surface area (Å²) in [6.45, 7) is 6.91. The van der Waals surface area contributed by atoms with Gasteiger partial charge in [-0.2, -0.15) is 0 Å². The van der Waals surface area contributed by atoms with Gasteiger partial charge in [-0.05, 0) is 31.0 Å². The van der Waals surface area contributed by atoms with Crippen LogP contribution in [0.4, 0.5) is 14.5 Å². The zero-order valence-corrected chi connectivity index (χ0v) is 11.6. The summed E-state index contributed by atoms with van der Waals surface area (Å²) in [4.78, 5) is 2.03. The Bertz CT molecular complexity index is 423. The molecule has 106 valence electrons. The van der Waals surface area contributed by atoms with Crippen molar-refractivity contribution in [3.8, 4) is 0 Å². The number of hydrogen-bond acceptors (Lipinski definition) is 2. The highest BCUT2D eigenvalue weighted by molar-refractivity contribution is 5.48. The lowest BCUT2D eigenvalue weighted by atomic mass is 9.99. The van der Waals surface area contributed by atoms with E-state index in [1.807, 2.05) is 4.90 Å². The lowest BCUT2D eigenvalue weighted by Gasteiger charge is -2.29. The zero-order valence-electron chi connectivity index (χ0n) is 11.6. The number of nitrogens with one attached hydrogen (secondary N) is 1. The number of nitrogens with zero attached hydrogens (tertiary/aromatic N) is 1. The molecular formula is C15H22F2N2. The highest BCUT2D eigenvalue weighted by Gasteiger charge is 2.23. The molecule has 0 saturated carbocycles. The van der Waals surface area contributed by atoms with Gasteiger partial charge in [0.15, 0.2) is 0 Å². The predicted octanol–water partition coefficient (Wildman–Crippen LogP) is 3.18. The normalized spacial score (nSPS) is 22.1. The minimum absolute atomic E-state index is 0.358. The van der Waals surface area contributed by atoms with E-state index in [1.54, 1.807) is 6.07 Å². The standard InChI is InChI=1S/C15H22F2N2/c1-3-11(2)14-10-19(8-4-7-18-14)15-6-5-12(16)9-13(15)17/h5-6,9,11,14,18H,3-4,7-8,10H2,1-2H3. The quantitative estimate of drug-likeness (QED) is 0.905. The molecular weight excluding hydrogens is 246 g/mol. The molecule has 1 aromatic carbocycles. The van der Waals surface area contributed by atoms with Crippen molar-refractivity contribution in [2.45, 2.75) is 32.7 Å². The Labute approximate surface area is 113 Å². The first-order chi connectivity index (χ1) is 9.11. The van der Waals surface area contributed by atoms with E-state index in [2.05, 4.69) is 19.2 Å². The summed E-state index contributed by atoms with van der Waals surface area (Å²) in [6, 6.07) is 4.20. The molecule has 1 N–H and O–H groups in total. The Balaban J connectivity index is 2.17. The lowest BCUT2D eigenvalue weighted by molar-refractivity contribution is 0.383. The van der Waals surface area contributed by atoms with E-state index in [0.717, 1.165) is 38.5 Å². The van der Waals surface area contributed by atoms with Crippen LogP contribution in [-0.4, -0.2) is 25.7 Å². The van der Waals surface area contributed by atoms with Crippen LogP contribution in [-0.2, 0) is 0 Å². The summed E-state index contributed by atoms with van der Waals surface area (Å²) < 4.78 is 26.9. The van der Waals surface area contributed by atoms with Gasteiger partial charge in [0.25, 0.3) is 0 Å². The van der Waals surface area contributed by atoms with Crippen LogP contribution in [0.1, 0.15) is 26.7 Å². The molecule has 0 radical (unpaired) electrons. The van der Waals surface area contributed by atoms with Crippen molar-refractivity contribution in [3.05, 3.63) is 29.8 Å². The van der Waals surface area contributed by atoms with Gasteiger partial charge >= 0.3 is 0 Å². The molecule has 4 heteroatoms. The van der Waals surface area contributed by atoms with Gasteiger partial charge in [0.05, 0.1) is 5.69 Å². The minimum atomic E-state index is -0.521. The van der Waals surface area contributed by atoms with Crippen molar-refractivity contribution < 1.29 is 8.78 Å². The van der Waals surface area contributed by atoms with Crippen LogP contribution < -0.4 is 10.2 Å². The van der Waals surface area contributed by atoms with E-state index in [-0.39, 0.29) is 0 Å².